The lowest BCUT2D eigenvalue weighted by Crippen LogP contribution is -2.20. The molecule has 0 unspecified atom stereocenters. The van der Waals surface area contributed by atoms with E-state index in [-0.39, 0.29) is 22.9 Å². The number of aromatic nitrogens is 4. The minimum atomic E-state index is -0.328. The number of rotatable bonds is 6. The number of methoxy groups -OCH3 is 1. The van der Waals surface area contributed by atoms with Crippen molar-refractivity contribution in [2.75, 3.05) is 31.4 Å². The number of hydrogen-bond acceptors (Lipinski definition) is 8. The zero-order valence-electron chi connectivity index (χ0n) is 17.6. The number of nitrogens with zero attached hydrogens (tertiary/aromatic N) is 4. The molecule has 0 atom stereocenters. The van der Waals surface area contributed by atoms with Gasteiger partial charge < -0.3 is 19.5 Å². The molecule has 5 rings (SSSR count). The third kappa shape index (κ3) is 4.22. The van der Waals surface area contributed by atoms with Crippen LogP contribution in [-0.2, 0) is 4.79 Å². The largest absolute Gasteiger partial charge is 0.497 e. The Morgan fingerprint density at radius 1 is 1.12 bits per heavy atom. The predicted molar refractivity (Wildman–Crippen MR) is 122 cm³/mol. The van der Waals surface area contributed by atoms with Gasteiger partial charge in [-0.1, -0.05) is 17.8 Å². The average Bonchev–Trinajstić information content (AvgIpc) is 3.27. The van der Waals surface area contributed by atoms with Gasteiger partial charge in [-0.15, -0.1) is 10.2 Å². The molecular weight excluding hydrogens is 446 g/mol. The molecule has 0 spiro atoms. The van der Waals surface area contributed by atoms with Crippen LogP contribution < -0.4 is 25.1 Å². The molecule has 2 aromatic heterocycles. The van der Waals surface area contributed by atoms with Gasteiger partial charge in [-0.05, 0) is 24.3 Å². The monoisotopic (exact) mass is 465 g/mol. The van der Waals surface area contributed by atoms with Crippen LogP contribution >= 0.6 is 11.8 Å². The number of hydrogen-bond donors (Lipinski definition) is 1. The maximum atomic E-state index is 12.9. The SMILES string of the molecule is COc1cccc(-n2ccn3c(SCC(=O)Nc4ccc5c(c4)OCCO5)nnc3c2=O)c1. The molecular formula is C22H19N5O5S. The van der Waals surface area contributed by atoms with Crippen molar-refractivity contribution in [3.63, 3.8) is 0 Å². The van der Waals surface area contributed by atoms with Crippen LogP contribution in [0.15, 0.2) is 64.8 Å². The van der Waals surface area contributed by atoms with E-state index in [0.29, 0.717) is 47.0 Å². The van der Waals surface area contributed by atoms with Gasteiger partial charge in [0.1, 0.15) is 19.0 Å². The van der Waals surface area contributed by atoms with Crippen molar-refractivity contribution in [1.29, 1.82) is 0 Å². The highest BCUT2D eigenvalue weighted by Gasteiger charge is 2.15. The lowest BCUT2D eigenvalue weighted by molar-refractivity contribution is -0.113. The second kappa shape index (κ2) is 8.87. The fourth-order valence-electron chi connectivity index (χ4n) is 3.38. The molecule has 0 aliphatic carbocycles. The van der Waals surface area contributed by atoms with E-state index in [9.17, 15) is 9.59 Å². The summed E-state index contributed by atoms with van der Waals surface area (Å²) in [5, 5.41) is 11.4. The van der Waals surface area contributed by atoms with Crippen molar-refractivity contribution in [2.24, 2.45) is 0 Å². The van der Waals surface area contributed by atoms with Crippen LogP contribution in [0.2, 0.25) is 0 Å². The second-order valence-electron chi connectivity index (χ2n) is 7.05. The Bertz CT molecular complexity index is 1400. The molecule has 0 bridgehead atoms. The zero-order chi connectivity index (χ0) is 22.8. The molecule has 33 heavy (non-hydrogen) atoms. The van der Waals surface area contributed by atoms with Crippen LogP contribution in [0.4, 0.5) is 5.69 Å². The van der Waals surface area contributed by atoms with Gasteiger partial charge in [-0.3, -0.25) is 18.6 Å². The predicted octanol–water partition coefficient (Wildman–Crippen LogP) is 2.39. The Labute approximate surface area is 192 Å². The minimum Gasteiger partial charge on any atom is -0.497 e. The standard InChI is InChI=1S/C22H19N5O5S/c1-30-16-4-2-3-15(12-16)26-7-8-27-20(21(26)29)24-25-22(27)33-13-19(28)23-14-5-6-17-18(11-14)32-10-9-31-17/h2-8,11-12H,9-10,13H2,1H3,(H,23,28). The summed E-state index contributed by atoms with van der Waals surface area (Å²) < 4.78 is 19.3. The van der Waals surface area contributed by atoms with Crippen LogP contribution in [0.25, 0.3) is 11.3 Å². The smallest absolute Gasteiger partial charge is 0.300 e. The van der Waals surface area contributed by atoms with Crippen LogP contribution in [0.1, 0.15) is 0 Å². The van der Waals surface area contributed by atoms with E-state index in [0.717, 1.165) is 0 Å². The van der Waals surface area contributed by atoms with Gasteiger partial charge in [0.2, 0.25) is 11.6 Å². The zero-order valence-corrected chi connectivity index (χ0v) is 18.4. The molecule has 0 saturated heterocycles. The van der Waals surface area contributed by atoms with Crippen molar-refractivity contribution >= 4 is 29.0 Å². The molecule has 0 fully saturated rings. The molecule has 2 aromatic carbocycles. The van der Waals surface area contributed by atoms with Gasteiger partial charge in [-0.25, -0.2) is 0 Å². The highest BCUT2D eigenvalue weighted by atomic mass is 32.2. The molecule has 1 amide bonds. The summed E-state index contributed by atoms with van der Waals surface area (Å²) in [7, 11) is 1.57. The first kappa shape index (κ1) is 20.9. The molecule has 11 heteroatoms. The van der Waals surface area contributed by atoms with Gasteiger partial charge >= 0.3 is 5.56 Å². The third-order valence-corrected chi connectivity index (χ3v) is 5.87. The van der Waals surface area contributed by atoms with Crippen LogP contribution in [0.3, 0.4) is 0 Å². The molecule has 0 saturated carbocycles. The number of ether oxygens (including phenoxy) is 3. The number of benzene rings is 2. The number of nitrogens with one attached hydrogen (secondary N) is 1. The summed E-state index contributed by atoms with van der Waals surface area (Å²) in [5.41, 5.74) is 1.09. The fraction of sp³-hybridized carbons (Fsp3) is 0.182. The summed E-state index contributed by atoms with van der Waals surface area (Å²) in [5.74, 6) is 1.76. The van der Waals surface area contributed by atoms with Gasteiger partial charge in [0.05, 0.1) is 18.6 Å². The molecule has 1 aliphatic rings. The molecule has 1 aliphatic heterocycles. The highest BCUT2D eigenvalue weighted by Crippen LogP contribution is 2.32. The topological polar surface area (TPSA) is 109 Å². The lowest BCUT2D eigenvalue weighted by Gasteiger charge is -2.18. The average molecular weight is 465 g/mol. The molecule has 168 valence electrons. The van der Waals surface area contributed by atoms with E-state index in [1.165, 1.54) is 16.3 Å². The highest BCUT2D eigenvalue weighted by molar-refractivity contribution is 7.99. The Morgan fingerprint density at radius 2 is 1.97 bits per heavy atom. The first-order chi connectivity index (χ1) is 16.1. The number of thioether (sulfide) groups is 1. The second-order valence-corrected chi connectivity index (χ2v) is 7.99. The van der Waals surface area contributed by atoms with E-state index >= 15 is 0 Å². The quantitative estimate of drug-likeness (QED) is 0.433. The molecule has 10 nitrogen and oxygen atoms in total. The van der Waals surface area contributed by atoms with E-state index in [1.54, 1.807) is 66.4 Å². The van der Waals surface area contributed by atoms with Crippen LogP contribution in [0, 0.1) is 0 Å². The fourth-order valence-corrected chi connectivity index (χ4v) is 4.09. The maximum Gasteiger partial charge on any atom is 0.300 e. The van der Waals surface area contributed by atoms with Crippen LogP contribution in [-0.4, -0.2) is 51.1 Å². The Balaban J connectivity index is 1.30. The normalized spacial score (nSPS) is 12.5. The van der Waals surface area contributed by atoms with E-state index in [4.69, 9.17) is 14.2 Å². The maximum absolute atomic E-state index is 12.9. The Kier molecular flexibility index (Phi) is 5.61. The number of carbonyl (C=O) groups is 1. The van der Waals surface area contributed by atoms with Crippen molar-refractivity contribution < 1.29 is 19.0 Å². The first-order valence-corrected chi connectivity index (χ1v) is 11.0. The molecule has 4 aromatic rings. The molecule has 3 heterocycles. The Morgan fingerprint density at radius 3 is 2.82 bits per heavy atom. The summed E-state index contributed by atoms with van der Waals surface area (Å²) >= 11 is 1.18. The minimum absolute atomic E-state index is 0.0915. The molecule has 0 radical (unpaired) electrons. The van der Waals surface area contributed by atoms with Crippen molar-refractivity contribution in [1.82, 2.24) is 19.2 Å². The molecule has 1 N–H and O–H groups in total. The van der Waals surface area contributed by atoms with Crippen LogP contribution in [0.5, 0.6) is 17.2 Å². The van der Waals surface area contributed by atoms with Crippen molar-refractivity contribution in [2.45, 2.75) is 5.16 Å². The number of anilines is 1. The number of carbonyl (C=O) groups excluding carboxylic acids is 1. The first-order valence-electron chi connectivity index (χ1n) is 10.1. The summed E-state index contributed by atoms with van der Waals surface area (Å²) in [6.07, 6.45) is 3.32. The van der Waals surface area contributed by atoms with Gasteiger partial charge in [0.15, 0.2) is 16.7 Å². The van der Waals surface area contributed by atoms with Crippen molar-refractivity contribution in [3.8, 4) is 22.9 Å². The number of fused-ring (bicyclic) bond motifs is 2. The van der Waals surface area contributed by atoms with Gasteiger partial charge in [-0.2, -0.15) is 0 Å². The summed E-state index contributed by atoms with van der Waals surface area (Å²) in [4.78, 5) is 25.4. The van der Waals surface area contributed by atoms with E-state index in [2.05, 4.69) is 15.5 Å². The summed E-state index contributed by atoms with van der Waals surface area (Å²) in [6, 6.07) is 12.4. The van der Waals surface area contributed by atoms with Gasteiger partial charge in [0, 0.05) is 30.2 Å². The summed E-state index contributed by atoms with van der Waals surface area (Å²) in [6.45, 7) is 0.978. The lowest BCUT2D eigenvalue weighted by atomic mass is 10.2. The van der Waals surface area contributed by atoms with Crippen molar-refractivity contribution in [3.05, 3.63) is 65.2 Å². The van der Waals surface area contributed by atoms with E-state index < -0.39 is 0 Å². The Hall–Kier alpha value is -3.99. The van der Waals surface area contributed by atoms with Gasteiger partial charge in [0.25, 0.3) is 0 Å². The van der Waals surface area contributed by atoms with E-state index in [1.807, 2.05) is 0 Å². The number of amides is 1. The third-order valence-electron chi connectivity index (χ3n) is 4.93.